The van der Waals surface area contributed by atoms with Gasteiger partial charge in [0, 0.05) is 20.5 Å². The van der Waals surface area contributed by atoms with Gasteiger partial charge in [0.25, 0.3) is 0 Å². The van der Waals surface area contributed by atoms with Crippen molar-refractivity contribution in [3.8, 4) is 11.5 Å². The fourth-order valence-electron chi connectivity index (χ4n) is 1.96. The van der Waals surface area contributed by atoms with Crippen LogP contribution in [0, 0.1) is 0 Å². The predicted octanol–water partition coefficient (Wildman–Crippen LogP) is 5.85. The Bertz CT molecular complexity index is 642. The van der Waals surface area contributed by atoms with Gasteiger partial charge in [-0.15, -0.1) is 0 Å². The summed E-state index contributed by atoms with van der Waals surface area (Å²) in [7, 11) is 2.04. The lowest BCUT2D eigenvalue weighted by Crippen LogP contribution is -2.15. The molecule has 92 valence electrons. The molecule has 0 atom stereocenters. The number of hydrogen-bond acceptors (Lipinski definition) is 2. The van der Waals surface area contributed by atoms with Crippen LogP contribution >= 0.6 is 47.8 Å². The monoisotopic (exact) mass is 431 g/mol. The van der Waals surface area contributed by atoms with Crippen molar-refractivity contribution in [2.75, 3.05) is 11.9 Å². The second-order valence-electron chi connectivity index (χ2n) is 4.01. The van der Waals surface area contributed by atoms with Crippen molar-refractivity contribution in [2.45, 2.75) is 0 Å². The lowest BCUT2D eigenvalue weighted by Gasteiger charge is -2.30. The summed E-state index contributed by atoms with van der Waals surface area (Å²) >= 11 is 10.5. The van der Waals surface area contributed by atoms with Crippen LogP contribution < -0.4 is 9.64 Å². The van der Waals surface area contributed by atoms with Crippen molar-refractivity contribution in [2.24, 2.45) is 0 Å². The molecule has 0 saturated heterocycles. The van der Waals surface area contributed by atoms with E-state index in [9.17, 15) is 0 Å². The molecule has 0 saturated carbocycles. The van der Waals surface area contributed by atoms with Crippen LogP contribution in [-0.4, -0.2) is 7.05 Å². The normalized spacial score (nSPS) is 12.8. The SMILES string of the molecule is CN1c2ccc(Br)cc2Oc2cc(Br)c(Br)cc21. The zero-order valence-corrected chi connectivity index (χ0v) is 14.1. The maximum atomic E-state index is 5.94. The highest BCUT2D eigenvalue weighted by Gasteiger charge is 2.22. The summed E-state index contributed by atoms with van der Waals surface area (Å²) in [5.41, 5.74) is 2.10. The number of ether oxygens (including phenoxy) is 1. The molecule has 0 bridgehead atoms. The first-order valence-electron chi connectivity index (χ1n) is 5.26. The first-order valence-corrected chi connectivity index (χ1v) is 7.64. The summed E-state index contributed by atoms with van der Waals surface area (Å²) in [5.74, 6) is 1.70. The molecule has 0 unspecified atom stereocenters. The molecular weight excluding hydrogens is 426 g/mol. The van der Waals surface area contributed by atoms with Gasteiger partial charge in [0.1, 0.15) is 0 Å². The minimum Gasteiger partial charge on any atom is -0.453 e. The van der Waals surface area contributed by atoms with Crippen LogP contribution in [0.5, 0.6) is 11.5 Å². The molecule has 0 aliphatic carbocycles. The fourth-order valence-corrected chi connectivity index (χ4v) is 2.95. The van der Waals surface area contributed by atoms with Gasteiger partial charge >= 0.3 is 0 Å². The summed E-state index contributed by atoms with van der Waals surface area (Å²) in [4.78, 5) is 2.12. The van der Waals surface area contributed by atoms with Crippen molar-refractivity contribution >= 4 is 59.2 Å². The summed E-state index contributed by atoms with van der Waals surface area (Å²) in [6.45, 7) is 0. The molecular formula is C13H8Br3NO. The summed E-state index contributed by atoms with van der Waals surface area (Å²) in [6.07, 6.45) is 0. The van der Waals surface area contributed by atoms with Crippen LogP contribution in [0.1, 0.15) is 0 Å². The molecule has 1 aliphatic heterocycles. The van der Waals surface area contributed by atoms with Crippen LogP contribution in [0.3, 0.4) is 0 Å². The van der Waals surface area contributed by atoms with Crippen molar-refractivity contribution in [3.05, 3.63) is 43.7 Å². The number of anilines is 2. The number of rotatable bonds is 0. The molecule has 2 nitrogen and oxygen atoms in total. The summed E-state index contributed by atoms with van der Waals surface area (Å²) in [5, 5.41) is 0. The van der Waals surface area contributed by atoms with E-state index in [1.165, 1.54) is 0 Å². The number of fused-ring (bicyclic) bond motifs is 2. The molecule has 1 aliphatic rings. The largest absolute Gasteiger partial charge is 0.453 e. The van der Waals surface area contributed by atoms with E-state index in [1.54, 1.807) is 0 Å². The minimum atomic E-state index is 0.846. The quantitative estimate of drug-likeness (QED) is 0.517. The van der Waals surface area contributed by atoms with Crippen LogP contribution in [0.2, 0.25) is 0 Å². The molecule has 18 heavy (non-hydrogen) atoms. The molecule has 0 amide bonds. The number of benzene rings is 2. The maximum Gasteiger partial charge on any atom is 0.152 e. The van der Waals surface area contributed by atoms with Gasteiger partial charge in [-0.05, 0) is 62.2 Å². The highest BCUT2D eigenvalue weighted by atomic mass is 79.9. The van der Waals surface area contributed by atoms with Gasteiger partial charge in [0.15, 0.2) is 11.5 Å². The molecule has 5 heteroatoms. The first-order chi connectivity index (χ1) is 8.56. The highest BCUT2D eigenvalue weighted by molar-refractivity contribution is 9.13. The van der Waals surface area contributed by atoms with Crippen LogP contribution in [-0.2, 0) is 0 Å². The third-order valence-corrected chi connectivity index (χ3v) is 5.20. The van der Waals surface area contributed by atoms with E-state index < -0.39 is 0 Å². The molecule has 0 fully saturated rings. The van der Waals surface area contributed by atoms with Gasteiger partial charge in [-0.1, -0.05) is 15.9 Å². The molecule has 0 N–H and O–H groups in total. The van der Waals surface area contributed by atoms with E-state index >= 15 is 0 Å². The number of halogens is 3. The lowest BCUT2D eigenvalue weighted by molar-refractivity contribution is 0.475. The van der Waals surface area contributed by atoms with Crippen molar-refractivity contribution < 1.29 is 4.74 Å². The number of nitrogens with zero attached hydrogens (tertiary/aromatic N) is 1. The van der Waals surface area contributed by atoms with E-state index in [4.69, 9.17) is 4.74 Å². The Morgan fingerprint density at radius 2 is 1.56 bits per heavy atom. The zero-order chi connectivity index (χ0) is 12.9. The average molecular weight is 434 g/mol. The Hall–Kier alpha value is -0.520. The molecule has 3 rings (SSSR count). The highest BCUT2D eigenvalue weighted by Crippen LogP contribution is 2.48. The topological polar surface area (TPSA) is 12.5 Å². The molecule has 1 heterocycles. The van der Waals surface area contributed by atoms with Crippen molar-refractivity contribution in [3.63, 3.8) is 0 Å². The van der Waals surface area contributed by atoms with Gasteiger partial charge in [0.2, 0.25) is 0 Å². The Kier molecular flexibility index (Phi) is 3.16. The van der Waals surface area contributed by atoms with E-state index in [2.05, 4.69) is 52.7 Å². The summed E-state index contributed by atoms with van der Waals surface area (Å²) in [6, 6.07) is 10.0. The zero-order valence-electron chi connectivity index (χ0n) is 9.38. The van der Waals surface area contributed by atoms with Crippen molar-refractivity contribution in [1.29, 1.82) is 0 Å². The standard InChI is InChI=1S/C13H8Br3NO/c1-17-10-3-2-7(14)4-12(10)18-13-6-9(16)8(15)5-11(13)17/h2-6H,1H3. The van der Waals surface area contributed by atoms with Crippen molar-refractivity contribution in [1.82, 2.24) is 0 Å². The van der Waals surface area contributed by atoms with E-state index in [-0.39, 0.29) is 0 Å². The third kappa shape index (κ3) is 1.98. The first kappa shape index (κ1) is 12.5. The van der Waals surface area contributed by atoms with Gasteiger partial charge in [-0.25, -0.2) is 0 Å². The second-order valence-corrected chi connectivity index (χ2v) is 6.63. The lowest BCUT2D eigenvalue weighted by atomic mass is 10.2. The van der Waals surface area contributed by atoms with Gasteiger partial charge in [-0.3, -0.25) is 0 Å². The van der Waals surface area contributed by atoms with Crippen LogP contribution in [0.15, 0.2) is 43.7 Å². The Morgan fingerprint density at radius 3 is 2.33 bits per heavy atom. The van der Waals surface area contributed by atoms with E-state index in [0.29, 0.717) is 0 Å². The molecule has 0 radical (unpaired) electrons. The van der Waals surface area contributed by atoms with Gasteiger partial charge in [-0.2, -0.15) is 0 Å². The second kappa shape index (κ2) is 4.54. The Balaban J connectivity index is 2.18. The maximum absolute atomic E-state index is 5.94. The Labute approximate surface area is 130 Å². The average Bonchev–Trinajstić information content (AvgIpc) is 2.32. The smallest absolute Gasteiger partial charge is 0.152 e. The van der Waals surface area contributed by atoms with E-state index in [1.807, 2.05) is 37.4 Å². The minimum absolute atomic E-state index is 0.846. The molecule has 0 spiro atoms. The van der Waals surface area contributed by atoms with Crippen LogP contribution in [0.25, 0.3) is 0 Å². The van der Waals surface area contributed by atoms with Gasteiger partial charge in [0.05, 0.1) is 11.4 Å². The summed E-state index contributed by atoms with van der Waals surface area (Å²) < 4.78 is 8.94. The molecule has 0 aromatic heterocycles. The molecule has 2 aromatic carbocycles. The molecule has 2 aromatic rings. The predicted molar refractivity (Wildman–Crippen MR) is 84.1 cm³/mol. The van der Waals surface area contributed by atoms with Gasteiger partial charge < -0.3 is 9.64 Å². The number of hydrogen-bond donors (Lipinski definition) is 0. The fraction of sp³-hybridized carbons (Fsp3) is 0.0769. The van der Waals surface area contributed by atoms with E-state index in [0.717, 1.165) is 36.3 Å². The Morgan fingerprint density at radius 1 is 0.889 bits per heavy atom. The third-order valence-electron chi connectivity index (χ3n) is 2.87. The van der Waals surface area contributed by atoms with Crippen LogP contribution in [0.4, 0.5) is 11.4 Å².